The molecule has 7 nitrogen and oxygen atoms in total. The van der Waals surface area contributed by atoms with Crippen molar-refractivity contribution >= 4 is 35.0 Å². The van der Waals surface area contributed by atoms with E-state index in [1.54, 1.807) is 13.2 Å². The van der Waals surface area contributed by atoms with Crippen molar-refractivity contribution in [2.45, 2.75) is 43.1 Å². The number of hydrogen-bond acceptors (Lipinski definition) is 6. The summed E-state index contributed by atoms with van der Waals surface area (Å²) in [5, 5.41) is 12.4. The molecule has 1 aromatic heterocycles. The molecule has 0 aliphatic carbocycles. The summed E-state index contributed by atoms with van der Waals surface area (Å²) < 4.78 is 7.18. The van der Waals surface area contributed by atoms with Gasteiger partial charge in [0.25, 0.3) is 0 Å². The number of nitrogens with one attached hydrogen (secondary N) is 2. The van der Waals surface area contributed by atoms with E-state index in [9.17, 15) is 4.79 Å². The molecule has 4 rings (SSSR count). The number of anilines is 1. The van der Waals surface area contributed by atoms with Crippen LogP contribution in [0.3, 0.4) is 0 Å². The van der Waals surface area contributed by atoms with Gasteiger partial charge in [-0.15, -0.1) is 10.2 Å². The topological polar surface area (TPSA) is 81.1 Å². The van der Waals surface area contributed by atoms with Crippen LogP contribution in [0.5, 0.6) is 5.75 Å². The van der Waals surface area contributed by atoms with E-state index in [4.69, 9.17) is 16.3 Å². The Hall–Kier alpha value is -2.71. The van der Waals surface area contributed by atoms with Crippen molar-refractivity contribution in [3.63, 3.8) is 0 Å². The number of methoxy groups -OCH3 is 1. The molecule has 2 unspecified atom stereocenters. The Labute approximate surface area is 190 Å². The minimum absolute atomic E-state index is 0.135. The smallest absolute Gasteiger partial charge is 0.240 e. The average molecular weight is 458 g/mol. The van der Waals surface area contributed by atoms with Crippen LogP contribution in [0.4, 0.5) is 5.69 Å². The van der Waals surface area contributed by atoms with Gasteiger partial charge in [0.2, 0.25) is 11.1 Å². The molecule has 3 aromatic rings. The summed E-state index contributed by atoms with van der Waals surface area (Å²) in [6.07, 6.45) is 1.75. The molecule has 0 saturated heterocycles. The largest absolute Gasteiger partial charge is 0.497 e. The molecule has 0 spiro atoms. The fraction of sp³-hybridized carbons (Fsp3) is 0.318. The molecule has 0 radical (unpaired) electrons. The number of amides is 1. The lowest BCUT2D eigenvalue weighted by atomic mass is 10.0. The summed E-state index contributed by atoms with van der Waals surface area (Å²) in [5.41, 5.74) is 6.05. The van der Waals surface area contributed by atoms with Gasteiger partial charge in [-0.25, -0.2) is 4.68 Å². The van der Waals surface area contributed by atoms with Gasteiger partial charge >= 0.3 is 0 Å². The van der Waals surface area contributed by atoms with E-state index in [0.717, 1.165) is 35.5 Å². The molecule has 9 heteroatoms. The molecule has 1 aliphatic rings. The van der Waals surface area contributed by atoms with E-state index in [1.807, 2.05) is 48.0 Å². The van der Waals surface area contributed by atoms with E-state index < -0.39 is 5.25 Å². The maximum absolute atomic E-state index is 13.3. The highest BCUT2D eigenvalue weighted by Gasteiger charge is 2.37. The van der Waals surface area contributed by atoms with Gasteiger partial charge in [0.05, 0.1) is 13.2 Å². The van der Waals surface area contributed by atoms with Crippen LogP contribution >= 0.6 is 23.4 Å². The molecule has 2 aromatic carbocycles. The van der Waals surface area contributed by atoms with E-state index in [-0.39, 0.29) is 11.9 Å². The van der Waals surface area contributed by atoms with Gasteiger partial charge in [-0.05, 0) is 48.7 Å². The lowest BCUT2D eigenvalue weighted by molar-refractivity contribution is -0.116. The number of aryl methyl sites for hydroxylation is 2. The third-order valence-electron chi connectivity index (χ3n) is 5.15. The fourth-order valence-corrected chi connectivity index (χ4v) is 4.71. The molecule has 2 N–H and O–H groups in total. The zero-order valence-electron chi connectivity index (χ0n) is 17.6. The Kier molecular flexibility index (Phi) is 6.38. The Morgan fingerprint density at radius 1 is 1.26 bits per heavy atom. The normalized spacial score (nSPS) is 17.5. The number of ether oxygens (including phenoxy) is 1. The van der Waals surface area contributed by atoms with E-state index in [2.05, 4.69) is 27.9 Å². The van der Waals surface area contributed by atoms with Crippen molar-refractivity contribution in [2.75, 3.05) is 17.9 Å². The third-order valence-corrected chi connectivity index (χ3v) is 6.77. The molecule has 0 fully saturated rings. The predicted octanol–water partition coefficient (Wildman–Crippen LogP) is 4.60. The summed E-state index contributed by atoms with van der Waals surface area (Å²) in [6.45, 7) is 4.02. The van der Waals surface area contributed by atoms with E-state index >= 15 is 0 Å². The first-order valence-electron chi connectivity index (χ1n) is 10.1. The maximum atomic E-state index is 13.3. The second kappa shape index (κ2) is 9.20. The second-order valence-electron chi connectivity index (χ2n) is 7.36. The van der Waals surface area contributed by atoms with Crippen LogP contribution in [0.25, 0.3) is 0 Å². The van der Waals surface area contributed by atoms with Crippen molar-refractivity contribution in [2.24, 2.45) is 0 Å². The first-order chi connectivity index (χ1) is 15.0. The van der Waals surface area contributed by atoms with Gasteiger partial charge in [-0.3, -0.25) is 4.79 Å². The number of nitrogens with zero attached hydrogens (tertiary/aromatic N) is 3. The highest BCUT2D eigenvalue weighted by molar-refractivity contribution is 8.00. The Bertz CT molecular complexity index is 1090. The predicted molar refractivity (Wildman–Crippen MR) is 124 cm³/mol. The number of thioether (sulfide) groups is 1. The van der Waals surface area contributed by atoms with Crippen molar-refractivity contribution in [3.05, 3.63) is 64.4 Å². The summed E-state index contributed by atoms with van der Waals surface area (Å²) >= 11 is 7.64. The molecule has 162 valence electrons. The van der Waals surface area contributed by atoms with Gasteiger partial charge in [-0.2, -0.15) is 0 Å². The van der Waals surface area contributed by atoms with Crippen LogP contribution in [-0.4, -0.2) is 33.1 Å². The Morgan fingerprint density at radius 3 is 2.71 bits per heavy atom. The summed E-state index contributed by atoms with van der Waals surface area (Å²) in [6, 6.07) is 12.9. The monoisotopic (exact) mass is 457 g/mol. The summed E-state index contributed by atoms with van der Waals surface area (Å²) in [4.78, 5) is 13.3. The van der Waals surface area contributed by atoms with Crippen LogP contribution in [0.1, 0.15) is 36.3 Å². The lowest BCUT2D eigenvalue weighted by Gasteiger charge is -2.33. The number of hydrogen-bond donors (Lipinski definition) is 2. The van der Waals surface area contributed by atoms with E-state index in [0.29, 0.717) is 15.9 Å². The number of benzene rings is 2. The highest BCUT2D eigenvalue weighted by Crippen LogP contribution is 2.38. The zero-order valence-corrected chi connectivity index (χ0v) is 19.1. The molecule has 1 amide bonds. The first kappa shape index (κ1) is 21.5. The fourth-order valence-electron chi connectivity index (χ4n) is 3.43. The van der Waals surface area contributed by atoms with Gasteiger partial charge < -0.3 is 15.5 Å². The molecular weight excluding hydrogens is 434 g/mol. The Morgan fingerprint density at radius 2 is 2.03 bits per heavy atom. The minimum Gasteiger partial charge on any atom is -0.497 e. The van der Waals surface area contributed by atoms with Gasteiger partial charge in [0.1, 0.15) is 11.0 Å². The van der Waals surface area contributed by atoms with Crippen molar-refractivity contribution in [1.29, 1.82) is 0 Å². The summed E-state index contributed by atoms with van der Waals surface area (Å²) in [7, 11) is 1.63. The number of aromatic nitrogens is 3. The third kappa shape index (κ3) is 4.50. The van der Waals surface area contributed by atoms with E-state index in [1.165, 1.54) is 11.8 Å². The quantitative estimate of drug-likeness (QED) is 0.563. The average Bonchev–Trinajstić information content (AvgIpc) is 3.17. The first-order valence-corrected chi connectivity index (χ1v) is 11.3. The van der Waals surface area contributed by atoms with Gasteiger partial charge in [0, 0.05) is 17.1 Å². The van der Waals surface area contributed by atoms with Crippen LogP contribution in [0.15, 0.2) is 47.6 Å². The van der Waals surface area contributed by atoms with Gasteiger partial charge in [0.15, 0.2) is 5.82 Å². The number of fused-ring (bicyclic) bond motifs is 1. The molecule has 2 atom stereocenters. The Balaban J connectivity index is 1.65. The maximum Gasteiger partial charge on any atom is 0.240 e. The number of carbonyl (C=O) groups excluding carboxylic acids is 1. The highest BCUT2D eigenvalue weighted by atomic mass is 35.5. The van der Waals surface area contributed by atoms with Gasteiger partial charge in [-0.1, -0.05) is 48.5 Å². The minimum atomic E-state index is -0.459. The standard InChI is InChI=1S/C22H24ClN5O2S/c1-4-5-18-25-26-22-28(18)27-19(14-7-10-16(30-3)11-8-14)20(31-22)21(29)24-15-9-6-13(2)17(23)12-15/h6-12,19-20,27H,4-5H2,1-3H3,(H,24,29). The molecule has 31 heavy (non-hydrogen) atoms. The van der Waals surface area contributed by atoms with Crippen LogP contribution in [0.2, 0.25) is 5.02 Å². The number of rotatable bonds is 6. The second-order valence-corrected chi connectivity index (χ2v) is 8.87. The lowest BCUT2D eigenvalue weighted by Crippen LogP contribution is -2.41. The molecule has 1 aliphatic heterocycles. The van der Waals surface area contributed by atoms with Crippen molar-refractivity contribution in [1.82, 2.24) is 14.9 Å². The number of carbonyl (C=O) groups is 1. The van der Waals surface area contributed by atoms with Crippen LogP contribution in [0, 0.1) is 6.92 Å². The molecule has 2 heterocycles. The van der Waals surface area contributed by atoms with Crippen molar-refractivity contribution < 1.29 is 9.53 Å². The van der Waals surface area contributed by atoms with Crippen molar-refractivity contribution in [3.8, 4) is 5.75 Å². The molecule has 0 saturated carbocycles. The molecule has 0 bridgehead atoms. The number of halogens is 1. The SMILES string of the molecule is CCCc1nnc2n1NC(c1ccc(OC)cc1)C(C(=O)Nc1ccc(C)c(Cl)c1)S2. The van der Waals surface area contributed by atoms with Crippen LogP contribution < -0.4 is 15.5 Å². The zero-order chi connectivity index (χ0) is 22.0. The summed E-state index contributed by atoms with van der Waals surface area (Å²) in [5.74, 6) is 1.48. The molecular formula is C22H24ClN5O2S. The van der Waals surface area contributed by atoms with Crippen LogP contribution in [-0.2, 0) is 11.2 Å².